The van der Waals surface area contributed by atoms with Crippen molar-refractivity contribution in [3.05, 3.63) is 18.1 Å². The van der Waals surface area contributed by atoms with E-state index in [9.17, 15) is 9.90 Å². The van der Waals surface area contributed by atoms with E-state index in [4.69, 9.17) is 0 Å². The normalized spacial score (nSPS) is 27.8. The summed E-state index contributed by atoms with van der Waals surface area (Å²) in [5.41, 5.74) is -0.149. The quantitative estimate of drug-likeness (QED) is 0.859. The smallest absolute Gasteiger partial charge is 0.329 e. The van der Waals surface area contributed by atoms with Crippen molar-refractivity contribution in [2.75, 3.05) is 5.32 Å². The molecule has 0 spiro atoms. The molecule has 0 bridgehead atoms. The molecule has 0 amide bonds. The molecule has 98 valence electrons. The first-order valence-corrected chi connectivity index (χ1v) is 6.33. The van der Waals surface area contributed by atoms with Crippen molar-refractivity contribution < 1.29 is 9.90 Å². The van der Waals surface area contributed by atoms with Gasteiger partial charge in [-0.1, -0.05) is 6.92 Å². The van der Waals surface area contributed by atoms with Crippen molar-refractivity contribution in [2.24, 2.45) is 5.92 Å². The van der Waals surface area contributed by atoms with E-state index in [-0.39, 0.29) is 0 Å². The average Bonchev–Trinajstić information content (AvgIpc) is 2.35. The SMILES string of the molecule is Cc1nccnc1NC1(C(=O)O)CCC(C)CC1. The van der Waals surface area contributed by atoms with Gasteiger partial charge in [0, 0.05) is 12.4 Å². The molecule has 0 atom stereocenters. The van der Waals surface area contributed by atoms with Crippen LogP contribution in [0.3, 0.4) is 0 Å². The van der Waals surface area contributed by atoms with Crippen molar-refractivity contribution in [1.29, 1.82) is 0 Å². The van der Waals surface area contributed by atoms with Gasteiger partial charge in [0.25, 0.3) is 0 Å². The van der Waals surface area contributed by atoms with Gasteiger partial charge in [-0.05, 0) is 38.5 Å². The molecular weight excluding hydrogens is 230 g/mol. The topological polar surface area (TPSA) is 75.1 Å². The van der Waals surface area contributed by atoms with Crippen LogP contribution in [0.5, 0.6) is 0 Å². The van der Waals surface area contributed by atoms with Crippen LogP contribution in [-0.2, 0) is 4.79 Å². The average molecular weight is 249 g/mol. The third kappa shape index (κ3) is 2.44. The van der Waals surface area contributed by atoms with Gasteiger partial charge < -0.3 is 10.4 Å². The molecule has 0 radical (unpaired) electrons. The van der Waals surface area contributed by atoms with Crippen LogP contribution in [0, 0.1) is 12.8 Å². The number of carboxylic acids is 1. The van der Waals surface area contributed by atoms with Gasteiger partial charge in [0.05, 0.1) is 5.69 Å². The van der Waals surface area contributed by atoms with E-state index in [1.54, 1.807) is 12.4 Å². The lowest BCUT2D eigenvalue weighted by molar-refractivity contribution is -0.143. The first-order chi connectivity index (χ1) is 8.53. The summed E-state index contributed by atoms with van der Waals surface area (Å²) in [6.45, 7) is 4.00. The van der Waals surface area contributed by atoms with E-state index < -0.39 is 11.5 Å². The summed E-state index contributed by atoms with van der Waals surface area (Å²) in [4.78, 5) is 19.9. The standard InChI is InChI=1S/C13H19N3O2/c1-9-3-5-13(6-4-9,12(17)18)16-11-10(2)14-7-8-15-11/h7-9H,3-6H2,1-2H3,(H,15,16)(H,17,18). The van der Waals surface area contributed by atoms with Gasteiger partial charge in [-0.15, -0.1) is 0 Å². The van der Waals surface area contributed by atoms with Gasteiger partial charge in [-0.3, -0.25) is 4.98 Å². The van der Waals surface area contributed by atoms with Gasteiger partial charge in [0.15, 0.2) is 0 Å². The summed E-state index contributed by atoms with van der Waals surface area (Å²) >= 11 is 0. The van der Waals surface area contributed by atoms with Crippen molar-refractivity contribution >= 4 is 11.8 Å². The number of carboxylic acid groups (broad SMARTS) is 1. The van der Waals surface area contributed by atoms with Crippen molar-refractivity contribution in [2.45, 2.75) is 45.1 Å². The monoisotopic (exact) mass is 249 g/mol. The maximum absolute atomic E-state index is 11.6. The lowest BCUT2D eigenvalue weighted by Gasteiger charge is -2.37. The highest BCUT2D eigenvalue weighted by Gasteiger charge is 2.41. The number of hydrogen-bond acceptors (Lipinski definition) is 4. The van der Waals surface area contributed by atoms with Crippen LogP contribution < -0.4 is 5.32 Å². The third-order valence-corrected chi connectivity index (χ3v) is 3.78. The Labute approximate surface area is 107 Å². The fourth-order valence-corrected chi connectivity index (χ4v) is 2.40. The van der Waals surface area contributed by atoms with Gasteiger partial charge >= 0.3 is 5.97 Å². The van der Waals surface area contributed by atoms with Crippen LogP contribution in [0.25, 0.3) is 0 Å². The molecule has 1 heterocycles. The van der Waals surface area contributed by atoms with E-state index in [2.05, 4.69) is 22.2 Å². The molecule has 2 N–H and O–H groups in total. The van der Waals surface area contributed by atoms with E-state index in [1.165, 1.54) is 0 Å². The second-order valence-corrected chi connectivity index (χ2v) is 5.19. The van der Waals surface area contributed by atoms with Crippen molar-refractivity contribution in [1.82, 2.24) is 9.97 Å². The molecule has 0 unspecified atom stereocenters. The Morgan fingerprint density at radius 1 is 1.39 bits per heavy atom. The molecule has 1 aromatic heterocycles. The Morgan fingerprint density at radius 2 is 2.00 bits per heavy atom. The summed E-state index contributed by atoms with van der Waals surface area (Å²) in [7, 11) is 0. The van der Waals surface area contributed by atoms with Gasteiger partial charge in [0.1, 0.15) is 11.4 Å². The van der Waals surface area contributed by atoms with Gasteiger partial charge in [-0.25, -0.2) is 9.78 Å². The van der Waals surface area contributed by atoms with Crippen LogP contribution >= 0.6 is 0 Å². The minimum Gasteiger partial charge on any atom is -0.480 e. The predicted octanol–water partition coefficient (Wildman–Crippen LogP) is 2.23. The maximum atomic E-state index is 11.6. The molecule has 1 saturated carbocycles. The third-order valence-electron chi connectivity index (χ3n) is 3.78. The molecule has 5 heteroatoms. The minimum atomic E-state index is -0.882. The number of rotatable bonds is 3. The minimum absolute atomic E-state index is 0.578. The largest absolute Gasteiger partial charge is 0.480 e. The Kier molecular flexibility index (Phi) is 3.50. The first-order valence-electron chi connectivity index (χ1n) is 6.33. The highest BCUT2D eigenvalue weighted by molar-refractivity contribution is 5.82. The number of hydrogen-bond donors (Lipinski definition) is 2. The molecule has 0 aliphatic heterocycles. The zero-order chi connectivity index (χ0) is 13.2. The van der Waals surface area contributed by atoms with Crippen LogP contribution in [0.4, 0.5) is 5.82 Å². The second-order valence-electron chi connectivity index (χ2n) is 5.19. The number of nitrogens with zero attached hydrogens (tertiary/aromatic N) is 2. The summed E-state index contributed by atoms with van der Waals surface area (Å²) in [5.74, 6) is 0.385. The molecular formula is C13H19N3O2. The van der Waals surface area contributed by atoms with E-state index in [1.807, 2.05) is 6.92 Å². The van der Waals surface area contributed by atoms with E-state index in [0.29, 0.717) is 24.6 Å². The highest BCUT2D eigenvalue weighted by atomic mass is 16.4. The number of nitrogens with one attached hydrogen (secondary N) is 1. The highest BCUT2D eigenvalue weighted by Crippen LogP contribution is 2.34. The molecule has 1 aliphatic rings. The molecule has 0 saturated heterocycles. The Hall–Kier alpha value is -1.65. The number of aliphatic carboxylic acids is 1. The zero-order valence-corrected chi connectivity index (χ0v) is 10.8. The van der Waals surface area contributed by atoms with Crippen LogP contribution in [0.1, 0.15) is 38.3 Å². The molecule has 5 nitrogen and oxygen atoms in total. The van der Waals surface area contributed by atoms with E-state index in [0.717, 1.165) is 18.5 Å². The lowest BCUT2D eigenvalue weighted by Crippen LogP contribution is -2.49. The number of anilines is 1. The van der Waals surface area contributed by atoms with Gasteiger partial charge in [-0.2, -0.15) is 0 Å². The molecule has 2 rings (SSSR count). The number of aryl methyl sites for hydroxylation is 1. The Balaban J connectivity index is 2.22. The number of aromatic nitrogens is 2. The van der Waals surface area contributed by atoms with E-state index >= 15 is 0 Å². The molecule has 18 heavy (non-hydrogen) atoms. The second kappa shape index (κ2) is 4.92. The fraction of sp³-hybridized carbons (Fsp3) is 0.615. The first kappa shape index (κ1) is 12.8. The Morgan fingerprint density at radius 3 is 2.56 bits per heavy atom. The molecule has 0 aromatic carbocycles. The van der Waals surface area contributed by atoms with Crippen LogP contribution in [-0.4, -0.2) is 26.6 Å². The number of carbonyl (C=O) groups is 1. The zero-order valence-electron chi connectivity index (χ0n) is 10.8. The lowest BCUT2D eigenvalue weighted by atomic mass is 9.77. The van der Waals surface area contributed by atoms with Crippen molar-refractivity contribution in [3.8, 4) is 0 Å². The van der Waals surface area contributed by atoms with Crippen molar-refractivity contribution in [3.63, 3.8) is 0 Å². The fourth-order valence-electron chi connectivity index (χ4n) is 2.40. The molecule has 1 aliphatic carbocycles. The summed E-state index contributed by atoms with van der Waals surface area (Å²) in [5, 5.41) is 12.6. The van der Waals surface area contributed by atoms with Gasteiger partial charge in [0.2, 0.25) is 0 Å². The van der Waals surface area contributed by atoms with Crippen LogP contribution in [0.15, 0.2) is 12.4 Å². The predicted molar refractivity (Wildman–Crippen MR) is 68.4 cm³/mol. The Bertz CT molecular complexity index is 440. The summed E-state index contributed by atoms with van der Waals surface area (Å²) < 4.78 is 0. The maximum Gasteiger partial charge on any atom is 0.329 e. The summed E-state index contributed by atoms with van der Waals surface area (Å²) in [6, 6.07) is 0. The summed E-state index contributed by atoms with van der Waals surface area (Å²) in [6.07, 6.45) is 6.32. The van der Waals surface area contributed by atoms with Crippen LogP contribution in [0.2, 0.25) is 0 Å². The molecule has 1 aromatic rings. The molecule has 1 fully saturated rings.